The molecule has 0 radical (unpaired) electrons. The average Bonchev–Trinajstić information content (AvgIpc) is 3.11. The van der Waals surface area contributed by atoms with E-state index < -0.39 is 30.8 Å². The molecule has 2 amide bonds. The Balaban J connectivity index is 1.53. The van der Waals surface area contributed by atoms with E-state index in [9.17, 15) is 18.4 Å². The molecule has 1 aromatic rings. The molecular weight excluding hydrogens is 304 g/mol. The van der Waals surface area contributed by atoms with E-state index in [2.05, 4.69) is 10.6 Å². The lowest BCUT2D eigenvalue weighted by atomic mass is 10.1. The van der Waals surface area contributed by atoms with E-state index in [0.29, 0.717) is 6.42 Å². The summed E-state index contributed by atoms with van der Waals surface area (Å²) in [6, 6.07) is 6.50. The van der Waals surface area contributed by atoms with Gasteiger partial charge in [0.25, 0.3) is 5.92 Å². The maximum absolute atomic E-state index is 13.1. The molecular formula is C16H19F2N3O2. The molecule has 1 unspecified atom stereocenters. The van der Waals surface area contributed by atoms with Crippen LogP contribution in [-0.4, -0.2) is 36.9 Å². The normalized spacial score (nSPS) is 23.3. The van der Waals surface area contributed by atoms with Gasteiger partial charge in [-0.3, -0.25) is 14.9 Å². The van der Waals surface area contributed by atoms with Gasteiger partial charge in [-0.2, -0.15) is 0 Å². The van der Waals surface area contributed by atoms with Gasteiger partial charge < -0.3 is 10.2 Å². The Labute approximate surface area is 133 Å². The Morgan fingerprint density at radius 1 is 1.35 bits per heavy atom. The van der Waals surface area contributed by atoms with Crippen LogP contribution in [0.3, 0.4) is 0 Å². The van der Waals surface area contributed by atoms with E-state index in [-0.39, 0.29) is 12.5 Å². The molecule has 0 aliphatic carbocycles. The van der Waals surface area contributed by atoms with Crippen molar-refractivity contribution < 1.29 is 18.4 Å². The minimum atomic E-state index is -2.81. The number of carbonyl (C=O) groups excluding carboxylic acids is 2. The predicted molar refractivity (Wildman–Crippen MR) is 81.2 cm³/mol. The van der Waals surface area contributed by atoms with Gasteiger partial charge >= 0.3 is 0 Å². The minimum Gasteiger partial charge on any atom is -0.351 e. The molecule has 5 nitrogen and oxygen atoms in total. The van der Waals surface area contributed by atoms with Crippen LogP contribution in [0.15, 0.2) is 24.3 Å². The number of rotatable bonds is 4. The highest BCUT2D eigenvalue weighted by Gasteiger charge is 2.42. The summed E-state index contributed by atoms with van der Waals surface area (Å²) in [6.45, 7) is 0.553. The number of nitrogens with zero attached hydrogens (tertiary/aromatic N) is 1. The Morgan fingerprint density at radius 3 is 2.65 bits per heavy atom. The molecule has 7 heteroatoms. The lowest BCUT2D eigenvalue weighted by Crippen LogP contribution is -2.40. The number of anilines is 1. The summed E-state index contributed by atoms with van der Waals surface area (Å²) in [7, 11) is 0. The molecule has 2 N–H and O–H groups in total. The third kappa shape index (κ3) is 3.67. The van der Waals surface area contributed by atoms with Crippen molar-refractivity contribution in [2.75, 3.05) is 18.0 Å². The van der Waals surface area contributed by atoms with Crippen LogP contribution in [0.25, 0.3) is 0 Å². The van der Waals surface area contributed by atoms with Gasteiger partial charge in [-0.15, -0.1) is 0 Å². The van der Waals surface area contributed by atoms with Gasteiger partial charge in [-0.25, -0.2) is 8.78 Å². The lowest BCUT2D eigenvalue weighted by Gasteiger charge is -2.16. The zero-order valence-electron chi connectivity index (χ0n) is 12.6. The van der Waals surface area contributed by atoms with Crippen molar-refractivity contribution in [1.82, 2.24) is 10.6 Å². The fourth-order valence-electron chi connectivity index (χ4n) is 2.93. The van der Waals surface area contributed by atoms with Crippen molar-refractivity contribution in [3.8, 4) is 0 Å². The van der Waals surface area contributed by atoms with Crippen molar-refractivity contribution in [2.24, 2.45) is 0 Å². The lowest BCUT2D eigenvalue weighted by molar-refractivity contribution is -0.123. The highest BCUT2D eigenvalue weighted by atomic mass is 19.3. The largest absolute Gasteiger partial charge is 0.351 e. The molecule has 124 valence electrons. The standard InChI is InChI=1S/C16H19F2N3O2/c17-16(18)8-13(20-10-16)15(23)19-9-11-3-5-12(6-4-11)21-7-1-2-14(21)22/h3-6,13,20H,1-2,7-10H2,(H,19,23). The average molecular weight is 323 g/mol. The zero-order chi connectivity index (χ0) is 16.4. The monoisotopic (exact) mass is 323 g/mol. The fraction of sp³-hybridized carbons (Fsp3) is 0.500. The van der Waals surface area contributed by atoms with E-state index in [1.807, 2.05) is 24.3 Å². The Bertz CT molecular complexity index is 604. The number of halogens is 2. The number of nitrogens with one attached hydrogen (secondary N) is 2. The van der Waals surface area contributed by atoms with Crippen LogP contribution in [0.4, 0.5) is 14.5 Å². The van der Waals surface area contributed by atoms with Gasteiger partial charge in [0.2, 0.25) is 11.8 Å². The summed E-state index contributed by atoms with van der Waals surface area (Å²) in [5.41, 5.74) is 1.71. The topological polar surface area (TPSA) is 61.4 Å². The summed E-state index contributed by atoms with van der Waals surface area (Å²) in [5.74, 6) is -3.10. The highest BCUT2D eigenvalue weighted by molar-refractivity contribution is 5.95. The summed E-state index contributed by atoms with van der Waals surface area (Å²) in [4.78, 5) is 25.3. The zero-order valence-corrected chi connectivity index (χ0v) is 12.6. The molecule has 2 fully saturated rings. The van der Waals surface area contributed by atoms with E-state index in [0.717, 1.165) is 24.2 Å². The Morgan fingerprint density at radius 2 is 2.09 bits per heavy atom. The first-order valence-corrected chi connectivity index (χ1v) is 7.73. The van der Waals surface area contributed by atoms with E-state index in [4.69, 9.17) is 0 Å². The summed E-state index contributed by atoms with van der Waals surface area (Å²) in [6.07, 6.45) is 0.987. The van der Waals surface area contributed by atoms with Crippen LogP contribution in [0, 0.1) is 0 Å². The Hall–Kier alpha value is -2.02. The second-order valence-electron chi connectivity index (χ2n) is 6.03. The van der Waals surface area contributed by atoms with Crippen molar-refractivity contribution in [1.29, 1.82) is 0 Å². The number of carbonyl (C=O) groups is 2. The van der Waals surface area contributed by atoms with Gasteiger partial charge in [0, 0.05) is 31.6 Å². The molecule has 2 aliphatic rings. The third-order valence-electron chi connectivity index (χ3n) is 4.21. The number of benzene rings is 1. The molecule has 23 heavy (non-hydrogen) atoms. The van der Waals surface area contributed by atoms with Gasteiger partial charge in [0.05, 0.1) is 12.6 Å². The van der Waals surface area contributed by atoms with Gasteiger partial charge in [0.1, 0.15) is 0 Å². The molecule has 1 atom stereocenters. The van der Waals surface area contributed by atoms with Crippen LogP contribution >= 0.6 is 0 Å². The Kier molecular flexibility index (Phi) is 4.30. The first-order chi connectivity index (χ1) is 10.9. The molecule has 0 saturated carbocycles. The van der Waals surface area contributed by atoms with Gasteiger partial charge in [-0.1, -0.05) is 12.1 Å². The second-order valence-corrected chi connectivity index (χ2v) is 6.03. The number of alkyl halides is 2. The molecule has 2 heterocycles. The van der Waals surface area contributed by atoms with Crippen LogP contribution in [0.5, 0.6) is 0 Å². The summed E-state index contributed by atoms with van der Waals surface area (Å²) in [5, 5.41) is 5.19. The van der Waals surface area contributed by atoms with Crippen molar-refractivity contribution in [3.63, 3.8) is 0 Å². The van der Waals surface area contributed by atoms with Crippen LogP contribution in [0.1, 0.15) is 24.8 Å². The third-order valence-corrected chi connectivity index (χ3v) is 4.21. The maximum Gasteiger partial charge on any atom is 0.262 e. The SMILES string of the molecule is O=C(NCc1ccc(N2CCCC2=O)cc1)C1CC(F)(F)CN1. The van der Waals surface area contributed by atoms with E-state index in [1.165, 1.54) is 0 Å². The second kappa shape index (κ2) is 6.23. The predicted octanol–water partition coefficient (Wildman–Crippen LogP) is 1.43. The van der Waals surface area contributed by atoms with Crippen LogP contribution in [0.2, 0.25) is 0 Å². The number of hydrogen-bond donors (Lipinski definition) is 2. The van der Waals surface area contributed by atoms with Crippen LogP contribution in [-0.2, 0) is 16.1 Å². The number of hydrogen-bond acceptors (Lipinski definition) is 3. The molecule has 0 spiro atoms. The van der Waals surface area contributed by atoms with Crippen molar-refractivity contribution in [3.05, 3.63) is 29.8 Å². The smallest absolute Gasteiger partial charge is 0.262 e. The quantitative estimate of drug-likeness (QED) is 0.881. The first-order valence-electron chi connectivity index (χ1n) is 7.73. The first kappa shape index (κ1) is 15.9. The van der Waals surface area contributed by atoms with E-state index >= 15 is 0 Å². The van der Waals surface area contributed by atoms with Crippen LogP contribution < -0.4 is 15.5 Å². The summed E-state index contributed by atoms with van der Waals surface area (Å²) < 4.78 is 26.1. The van der Waals surface area contributed by atoms with Gasteiger partial charge in [-0.05, 0) is 24.1 Å². The number of amides is 2. The molecule has 2 aliphatic heterocycles. The fourth-order valence-corrected chi connectivity index (χ4v) is 2.93. The molecule has 0 bridgehead atoms. The van der Waals surface area contributed by atoms with Crippen molar-refractivity contribution in [2.45, 2.75) is 37.8 Å². The van der Waals surface area contributed by atoms with E-state index in [1.54, 1.807) is 4.90 Å². The maximum atomic E-state index is 13.1. The van der Waals surface area contributed by atoms with Gasteiger partial charge in [0.15, 0.2) is 0 Å². The highest BCUT2D eigenvalue weighted by Crippen LogP contribution is 2.25. The molecule has 3 rings (SSSR count). The molecule has 1 aromatic carbocycles. The minimum absolute atomic E-state index is 0.124. The van der Waals surface area contributed by atoms with Crippen molar-refractivity contribution >= 4 is 17.5 Å². The molecule has 0 aromatic heterocycles. The summed E-state index contributed by atoms with van der Waals surface area (Å²) >= 11 is 0. The molecule has 2 saturated heterocycles.